The minimum atomic E-state index is -4.35. The number of hydrogen-bond acceptors (Lipinski definition) is 5. The summed E-state index contributed by atoms with van der Waals surface area (Å²) < 4.78 is 26.4. The molecule has 0 atom stereocenters. The van der Waals surface area contributed by atoms with Crippen LogP contribution in [0, 0.1) is 24.0 Å². The first-order valence-corrected chi connectivity index (χ1v) is 8.08. The van der Waals surface area contributed by atoms with Gasteiger partial charge in [-0.05, 0) is 43.2 Å². The lowest BCUT2D eigenvalue weighted by atomic mass is 10.1. The second-order valence-electron chi connectivity index (χ2n) is 4.96. The van der Waals surface area contributed by atoms with Gasteiger partial charge < -0.3 is 0 Å². The molecular weight excluding hydrogens is 320 g/mol. The third kappa shape index (κ3) is 3.54. The van der Waals surface area contributed by atoms with E-state index in [4.69, 9.17) is 0 Å². The van der Waals surface area contributed by atoms with Gasteiger partial charge in [-0.3, -0.25) is 14.9 Å². The number of para-hydroxylation sites is 1. The molecule has 0 radical (unpaired) electrons. The molecule has 0 aliphatic rings. The predicted octanol–water partition coefficient (Wildman–Crippen LogP) is 2.33. The number of nitro groups is 1. The number of amides is 1. The first kappa shape index (κ1) is 16.6. The van der Waals surface area contributed by atoms with Crippen LogP contribution in [0.3, 0.4) is 0 Å². The molecule has 0 bridgehead atoms. The lowest BCUT2D eigenvalue weighted by Gasteiger charge is -2.08. The molecule has 23 heavy (non-hydrogen) atoms. The number of sulfonamides is 1. The largest absolute Gasteiger partial charge is 0.289 e. The fourth-order valence-electron chi connectivity index (χ4n) is 1.95. The Bertz CT molecular complexity index is 890. The molecule has 0 heterocycles. The second kappa shape index (κ2) is 6.17. The number of nitrogens with one attached hydrogen (secondary N) is 1. The van der Waals surface area contributed by atoms with Crippen molar-refractivity contribution in [3.8, 4) is 0 Å². The molecule has 7 nitrogen and oxygen atoms in total. The highest BCUT2D eigenvalue weighted by Crippen LogP contribution is 2.23. The number of carbonyl (C=O) groups is 1. The van der Waals surface area contributed by atoms with Gasteiger partial charge in [-0.2, -0.15) is 0 Å². The number of aryl methyl sites for hydroxylation is 2. The lowest BCUT2D eigenvalue weighted by molar-refractivity contribution is -0.387. The lowest BCUT2D eigenvalue weighted by Crippen LogP contribution is -2.31. The van der Waals surface area contributed by atoms with Gasteiger partial charge in [-0.25, -0.2) is 13.1 Å². The van der Waals surface area contributed by atoms with Crippen molar-refractivity contribution < 1.29 is 18.1 Å². The van der Waals surface area contributed by atoms with Crippen molar-refractivity contribution in [2.45, 2.75) is 18.7 Å². The van der Waals surface area contributed by atoms with Gasteiger partial charge in [0.2, 0.25) is 0 Å². The first-order chi connectivity index (χ1) is 10.7. The molecule has 0 spiro atoms. The molecule has 120 valence electrons. The normalized spacial score (nSPS) is 11.0. The Morgan fingerprint density at radius 2 is 1.74 bits per heavy atom. The van der Waals surface area contributed by atoms with E-state index in [1.165, 1.54) is 18.2 Å². The summed E-state index contributed by atoms with van der Waals surface area (Å²) in [6.45, 7) is 3.66. The van der Waals surface area contributed by atoms with Crippen LogP contribution < -0.4 is 4.72 Å². The summed E-state index contributed by atoms with van der Waals surface area (Å²) in [5.74, 6) is -0.841. The molecule has 8 heteroatoms. The molecule has 0 saturated heterocycles. The van der Waals surface area contributed by atoms with Gasteiger partial charge >= 0.3 is 0 Å². The average molecular weight is 334 g/mol. The van der Waals surface area contributed by atoms with Gasteiger partial charge in [0.05, 0.1) is 4.92 Å². The first-order valence-electron chi connectivity index (χ1n) is 6.60. The predicted molar refractivity (Wildman–Crippen MR) is 83.7 cm³/mol. The molecule has 0 fully saturated rings. The van der Waals surface area contributed by atoms with Crippen LogP contribution in [0.25, 0.3) is 0 Å². The number of nitrogens with zero attached hydrogens (tertiary/aromatic N) is 1. The van der Waals surface area contributed by atoms with Crippen LogP contribution in [0.1, 0.15) is 21.5 Å². The smallest absolute Gasteiger partial charge is 0.268 e. The Labute approximate surface area is 133 Å². The summed E-state index contributed by atoms with van der Waals surface area (Å²) >= 11 is 0. The zero-order chi connectivity index (χ0) is 17.2. The number of benzene rings is 2. The van der Waals surface area contributed by atoms with Gasteiger partial charge in [0.15, 0.2) is 4.90 Å². The van der Waals surface area contributed by atoms with Crippen molar-refractivity contribution >= 4 is 21.6 Å². The third-order valence-corrected chi connectivity index (χ3v) is 4.73. The number of carbonyl (C=O) groups excluding carboxylic acids is 1. The van der Waals surface area contributed by atoms with Gasteiger partial charge in [-0.15, -0.1) is 0 Å². The molecular formula is C15H14N2O5S. The number of hydrogen-bond donors (Lipinski definition) is 1. The van der Waals surface area contributed by atoms with Crippen molar-refractivity contribution in [2.75, 3.05) is 0 Å². The summed E-state index contributed by atoms with van der Waals surface area (Å²) in [5, 5.41) is 10.9. The number of nitro benzene ring substituents is 1. The topological polar surface area (TPSA) is 106 Å². The zero-order valence-electron chi connectivity index (χ0n) is 12.4. The van der Waals surface area contributed by atoms with E-state index >= 15 is 0 Å². The maximum absolute atomic E-state index is 12.3. The van der Waals surface area contributed by atoms with Crippen LogP contribution >= 0.6 is 0 Å². The van der Waals surface area contributed by atoms with Crippen LogP contribution in [0.5, 0.6) is 0 Å². The van der Waals surface area contributed by atoms with Crippen molar-refractivity contribution in [1.82, 2.24) is 4.72 Å². The van der Waals surface area contributed by atoms with Crippen molar-refractivity contribution in [3.05, 3.63) is 69.3 Å². The molecule has 1 N–H and O–H groups in total. The van der Waals surface area contributed by atoms with E-state index in [1.807, 2.05) is 11.6 Å². The summed E-state index contributed by atoms with van der Waals surface area (Å²) in [4.78, 5) is 21.7. The summed E-state index contributed by atoms with van der Waals surface area (Å²) in [6, 6.07) is 9.58. The molecule has 0 aliphatic carbocycles. The van der Waals surface area contributed by atoms with Gasteiger partial charge in [-0.1, -0.05) is 18.2 Å². The summed E-state index contributed by atoms with van der Waals surface area (Å²) in [5.41, 5.74) is 1.37. The molecule has 2 rings (SSSR count). The van der Waals surface area contributed by atoms with E-state index in [9.17, 15) is 23.3 Å². The monoisotopic (exact) mass is 334 g/mol. The second-order valence-corrected chi connectivity index (χ2v) is 6.61. The fourth-order valence-corrected chi connectivity index (χ4v) is 3.10. The Morgan fingerprint density at radius 1 is 1.09 bits per heavy atom. The molecule has 0 aliphatic heterocycles. The number of rotatable bonds is 4. The highest BCUT2D eigenvalue weighted by molar-refractivity contribution is 7.90. The molecule has 0 aromatic heterocycles. The minimum Gasteiger partial charge on any atom is -0.268 e. The van der Waals surface area contributed by atoms with Crippen LogP contribution in [0.2, 0.25) is 0 Å². The van der Waals surface area contributed by atoms with E-state index in [2.05, 4.69) is 0 Å². The Hall–Kier alpha value is -2.74. The minimum absolute atomic E-state index is 0.162. The van der Waals surface area contributed by atoms with Crippen molar-refractivity contribution in [2.24, 2.45) is 0 Å². The van der Waals surface area contributed by atoms with Crippen molar-refractivity contribution in [3.63, 3.8) is 0 Å². The molecule has 2 aromatic carbocycles. The average Bonchev–Trinajstić information content (AvgIpc) is 2.49. The standard InChI is InChI=1S/C15H14N2O5S/c1-10-7-8-12(9-11(10)2)15(18)16-23(21,22)14-6-4-3-5-13(14)17(19)20/h3-9H,1-2H3,(H,16,18). The fraction of sp³-hybridized carbons (Fsp3) is 0.133. The van der Waals surface area contributed by atoms with E-state index in [-0.39, 0.29) is 5.56 Å². The van der Waals surface area contributed by atoms with Crippen molar-refractivity contribution in [1.29, 1.82) is 0 Å². The summed E-state index contributed by atoms with van der Waals surface area (Å²) in [7, 11) is -4.35. The van der Waals surface area contributed by atoms with Crippen LogP contribution in [-0.4, -0.2) is 19.2 Å². The third-order valence-electron chi connectivity index (χ3n) is 3.35. The molecule has 1 amide bonds. The Balaban J connectivity index is 2.37. The molecule has 0 unspecified atom stereocenters. The maximum atomic E-state index is 12.3. The SMILES string of the molecule is Cc1ccc(C(=O)NS(=O)(=O)c2ccccc2[N+](=O)[O-])cc1C. The molecule has 2 aromatic rings. The van der Waals surface area contributed by atoms with Crippen LogP contribution in [-0.2, 0) is 10.0 Å². The highest BCUT2D eigenvalue weighted by atomic mass is 32.2. The van der Waals surface area contributed by atoms with Gasteiger partial charge in [0, 0.05) is 11.6 Å². The zero-order valence-corrected chi connectivity index (χ0v) is 13.3. The van der Waals surface area contributed by atoms with E-state index in [1.54, 1.807) is 19.1 Å². The van der Waals surface area contributed by atoms with Crippen LogP contribution in [0.15, 0.2) is 47.4 Å². The molecule has 0 saturated carbocycles. The maximum Gasteiger partial charge on any atom is 0.289 e. The van der Waals surface area contributed by atoms with Gasteiger partial charge in [0.25, 0.3) is 21.6 Å². The summed E-state index contributed by atoms with van der Waals surface area (Å²) in [6.07, 6.45) is 0. The Morgan fingerprint density at radius 3 is 2.35 bits per heavy atom. The quantitative estimate of drug-likeness (QED) is 0.682. The van der Waals surface area contributed by atoms with E-state index in [0.717, 1.165) is 23.3 Å². The van der Waals surface area contributed by atoms with Gasteiger partial charge in [0.1, 0.15) is 0 Å². The van der Waals surface area contributed by atoms with Crippen LogP contribution in [0.4, 0.5) is 5.69 Å². The highest BCUT2D eigenvalue weighted by Gasteiger charge is 2.27. The van der Waals surface area contributed by atoms with E-state index in [0.29, 0.717) is 0 Å². The Kier molecular flexibility index (Phi) is 4.46. The van der Waals surface area contributed by atoms with E-state index < -0.39 is 31.4 Å².